The third-order valence-corrected chi connectivity index (χ3v) is 4.33. The van der Waals surface area contributed by atoms with E-state index in [4.69, 9.17) is 23.7 Å². The molecule has 2 heterocycles. The second-order valence-corrected chi connectivity index (χ2v) is 6.46. The zero-order valence-electron chi connectivity index (χ0n) is 16.4. The summed E-state index contributed by atoms with van der Waals surface area (Å²) in [6.07, 6.45) is 0.880. The highest BCUT2D eigenvalue weighted by Crippen LogP contribution is 2.35. The van der Waals surface area contributed by atoms with Gasteiger partial charge in [0.2, 0.25) is 6.79 Å². The number of anilines is 1. The van der Waals surface area contributed by atoms with Gasteiger partial charge in [0.05, 0.1) is 19.8 Å². The molecule has 4 rings (SSSR count). The highest BCUT2D eigenvalue weighted by Gasteiger charge is 2.14. The van der Waals surface area contributed by atoms with Crippen LogP contribution in [0.1, 0.15) is 13.3 Å². The van der Waals surface area contributed by atoms with Gasteiger partial charge in [0.25, 0.3) is 0 Å². The lowest BCUT2D eigenvalue weighted by atomic mass is 10.3. The van der Waals surface area contributed by atoms with Gasteiger partial charge in [0, 0.05) is 30.8 Å². The van der Waals surface area contributed by atoms with Crippen molar-refractivity contribution in [3.05, 3.63) is 36.4 Å². The number of rotatable bonds is 6. The second kappa shape index (κ2) is 9.27. The van der Waals surface area contributed by atoms with Crippen LogP contribution < -0.4 is 34.3 Å². The summed E-state index contributed by atoms with van der Waals surface area (Å²) >= 11 is 0. The van der Waals surface area contributed by atoms with Crippen molar-refractivity contribution < 1.29 is 23.7 Å². The Balaban J connectivity index is 1.33. The van der Waals surface area contributed by atoms with Gasteiger partial charge in [-0.15, -0.1) is 0 Å². The van der Waals surface area contributed by atoms with Gasteiger partial charge >= 0.3 is 0 Å². The van der Waals surface area contributed by atoms with Gasteiger partial charge in [-0.05, 0) is 31.2 Å². The van der Waals surface area contributed by atoms with Gasteiger partial charge in [-0.1, -0.05) is 0 Å². The fourth-order valence-electron chi connectivity index (χ4n) is 2.97. The van der Waals surface area contributed by atoms with E-state index < -0.39 is 0 Å². The standard InChI is InChI=1S/C21H25N3O5/c1-2-22-21(24-15-4-6-17-19(12-15)27-10-3-9-26-17)23-8-11-25-16-5-7-18-20(13-16)29-14-28-18/h4-7,12-13H,2-3,8-11,14H2,1H3,(H2,22,23,24). The Hall–Kier alpha value is -3.29. The van der Waals surface area contributed by atoms with Gasteiger partial charge in [0.15, 0.2) is 29.0 Å². The Morgan fingerprint density at radius 3 is 2.62 bits per heavy atom. The van der Waals surface area contributed by atoms with E-state index in [-0.39, 0.29) is 6.79 Å². The first-order valence-corrected chi connectivity index (χ1v) is 9.79. The molecule has 2 aromatic carbocycles. The normalized spacial score (nSPS) is 14.9. The van der Waals surface area contributed by atoms with E-state index in [9.17, 15) is 0 Å². The maximum absolute atomic E-state index is 5.76. The summed E-state index contributed by atoms with van der Waals surface area (Å²) in [5.41, 5.74) is 0.880. The van der Waals surface area contributed by atoms with E-state index in [1.165, 1.54) is 0 Å². The molecule has 0 spiro atoms. The van der Waals surface area contributed by atoms with Crippen LogP contribution in [0.15, 0.2) is 41.4 Å². The second-order valence-electron chi connectivity index (χ2n) is 6.46. The van der Waals surface area contributed by atoms with Crippen LogP contribution in [0.5, 0.6) is 28.7 Å². The molecular weight excluding hydrogens is 374 g/mol. The molecule has 8 heteroatoms. The van der Waals surface area contributed by atoms with Crippen molar-refractivity contribution in [1.82, 2.24) is 5.32 Å². The molecule has 0 bridgehead atoms. The van der Waals surface area contributed by atoms with Crippen molar-refractivity contribution in [1.29, 1.82) is 0 Å². The lowest BCUT2D eigenvalue weighted by Crippen LogP contribution is -2.31. The zero-order valence-corrected chi connectivity index (χ0v) is 16.4. The van der Waals surface area contributed by atoms with Crippen molar-refractivity contribution in [3.8, 4) is 28.7 Å². The molecule has 2 N–H and O–H groups in total. The van der Waals surface area contributed by atoms with Crippen molar-refractivity contribution >= 4 is 11.6 Å². The lowest BCUT2D eigenvalue weighted by molar-refractivity contribution is 0.173. The van der Waals surface area contributed by atoms with Crippen molar-refractivity contribution in [2.75, 3.05) is 45.0 Å². The van der Waals surface area contributed by atoms with Crippen LogP contribution in [-0.4, -0.2) is 45.7 Å². The maximum Gasteiger partial charge on any atom is 0.231 e. The average Bonchev–Trinajstić information content (AvgIpc) is 3.07. The van der Waals surface area contributed by atoms with Gasteiger partial charge in [-0.2, -0.15) is 0 Å². The first-order chi connectivity index (χ1) is 14.3. The van der Waals surface area contributed by atoms with Crippen molar-refractivity contribution in [3.63, 3.8) is 0 Å². The van der Waals surface area contributed by atoms with Crippen LogP contribution in [0.2, 0.25) is 0 Å². The predicted molar refractivity (Wildman–Crippen MR) is 110 cm³/mol. The van der Waals surface area contributed by atoms with Gasteiger partial charge < -0.3 is 34.3 Å². The minimum absolute atomic E-state index is 0.251. The molecule has 0 saturated carbocycles. The molecule has 0 atom stereocenters. The Kier molecular flexibility index (Phi) is 6.09. The van der Waals surface area contributed by atoms with Gasteiger partial charge in [0.1, 0.15) is 12.4 Å². The lowest BCUT2D eigenvalue weighted by Gasteiger charge is -2.14. The van der Waals surface area contributed by atoms with E-state index in [1.54, 1.807) is 0 Å². The highest BCUT2D eigenvalue weighted by molar-refractivity contribution is 5.93. The molecule has 0 radical (unpaired) electrons. The third kappa shape index (κ3) is 4.96. The Bertz CT molecular complexity index is 871. The van der Waals surface area contributed by atoms with Crippen LogP contribution in [0.4, 0.5) is 5.69 Å². The maximum atomic E-state index is 5.76. The first-order valence-electron chi connectivity index (χ1n) is 9.79. The number of nitrogens with zero attached hydrogens (tertiary/aromatic N) is 1. The van der Waals surface area contributed by atoms with E-state index in [1.807, 2.05) is 43.3 Å². The number of aliphatic imine (C=N–C) groups is 1. The number of benzene rings is 2. The molecular formula is C21H25N3O5. The molecule has 2 aliphatic rings. The van der Waals surface area contributed by atoms with Gasteiger partial charge in [-0.3, -0.25) is 0 Å². The Labute approximate surface area is 169 Å². The number of ether oxygens (including phenoxy) is 5. The van der Waals surface area contributed by atoms with Crippen LogP contribution in [0.25, 0.3) is 0 Å². The van der Waals surface area contributed by atoms with Crippen LogP contribution in [0, 0.1) is 0 Å². The van der Waals surface area contributed by atoms with Crippen LogP contribution >= 0.6 is 0 Å². The first kappa shape index (κ1) is 19.0. The zero-order chi connectivity index (χ0) is 19.9. The summed E-state index contributed by atoms with van der Waals surface area (Å²) in [6.45, 7) is 5.29. The average molecular weight is 399 g/mol. The molecule has 2 aliphatic heterocycles. The minimum atomic E-state index is 0.251. The van der Waals surface area contributed by atoms with Crippen molar-refractivity contribution in [2.45, 2.75) is 13.3 Å². The third-order valence-electron chi connectivity index (χ3n) is 4.33. The van der Waals surface area contributed by atoms with Crippen LogP contribution in [0.3, 0.4) is 0 Å². The molecule has 0 amide bonds. The van der Waals surface area contributed by atoms with E-state index in [2.05, 4.69) is 15.6 Å². The van der Waals surface area contributed by atoms with Gasteiger partial charge in [-0.25, -0.2) is 4.99 Å². The summed E-state index contributed by atoms with van der Waals surface area (Å²) in [4.78, 5) is 4.57. The number of hydrogen-bond donors (Lipinski definition) is 2. The van der Waals surface area contributed by atoms with E-state index in [0.717, 1.165) is 41.7 Å². The molecule has 8 nitrogen and oxygen atoms in total. The molecule has 154 valence electrons. The number of hydrogen-bond acceptors (Lipinski definition) is 6. The largest absolute Gasteiger partial charge is 0.492 e. The minimum Gasteiger partial charge on any atom is -0.492 e. The van der Waals surface area contributed by atoms with E-state index >= 15 is 0 Å². The molecule has 2 aromatic rings. The number of nitrogens with one attached hydrogen (secondary N) is 2. The summed E-state index contributed by atoms with van der Waals surface area (Å²) in [5.74, 6) is 4.36. The van der Waals surface area contributed by atoms with E-state index in [0.29, 0.717) is 38.1 Å². The Morgan fingerprint density at radius 2 is 1.72 bits per heavy atom. The summed E-state index contributed by atoms with van der Waals surface area (Å²) in [5, 5.41) is 6.53. The summed E-state index contributed by atoms with van der Waals surface area (Å²) in [6, 6.07) is 11.3. The molecule has 0 aliphatic carbocycles. The van der Waals surface area contributed by atoms with Crippen LogP contribution in [-0.2, 0) is 0 Å². The van der Waals surface area contributed by atoms with Crippen molar-refractivity contribution in [2.24, 2.45) is 4.99 Å². The topological polar surface area (TPSA) is 82.6 Å². The monoisotopic (exact) mass is 399 g/mol. The molecule has 0 unspecified atom stereocenters. The summed E-state index contributed by atoms with van der Waals surface area (Å²) < 4.78 is 27.8. The summed E-state index contributed by atoms with van der Waals surface area (Å²) in [7, 11) is 0. The molecule has 29 heavy (non-hydrogen) atoms. The predicted octanol–water partition coefficient (Wildman–Crippen LogP) is 3.03. The number of guanidine groups is 1. The Morgan fingerprint density at radius 1 is 0.966 bits per heavy atom. The fourth-order valence-corrected chi connectivity index (χ4v) is 2.97. The quantitative estimate of drug-likeness (QED) is 0.439. The SMILES string of the molecule is CCNC(=NCCOc1ccc2c(c1)OCO2)Nc1ccc2c(c1)OCCCO2. The number of fused-ring (bicyclic) bond motifs is 2. The molecule has 0 fully saturated rings. The molecule has 0 aromatic heterocycles. The molecule has 0 saturated heterocycles. The fraction of sp³-hybridized carbons (Fsp3) is 0.381. The highest BCUT2D eigenvalue weighted by atomic mass is 16.7. The smallest absolute Gasteiger partial charge is 0.231 e.